The van der Waals surface area contributed by atoms with Crippen molar-refractivity contribution in [2.45, 2.75) is 44.7 Å². The van der Waals surface area contributed by atoms with Gasteiger partial charge in [0.25, 0.3) is 11.2 Å². The van der Waals surface area contributed by atoms with E-state index in [2.05, 4.69) is 26.0 Å². The topological polar surface area (TPSA) is 201 Å². The summed E-state index contributed by atoms with van der Waals surface area (Å²) in [4.78, 5) is 50.3. The van der Waals surface area contributed by atoms with Crippen molar-refractivity contribution in [3.05, 3.63) is 72.0 Å². The lowest BCUT2D eigenvalue weighted by Gasteiger charge is -2.24. The number of nitro groups is 1. The van der Waals surface area contributed by atoms with Gasteiger partial charge in [-0.3, -0.25) is 33.8 Å². The molecule has 1 aliphatic heterocycles. The molecule has 5 atom stereocenters. The summed E-state index contributed by atoms with van der Waals surface area (Å²) >= 11 is 3.06. The minimum absolute atomic E-state index is 0.0579. The Bertz CT molecular complexity index is 1380. The molecule has 1 fully saturated rings. The number of nitrogens with one attached hydrogen (secondary N) is 2. The highest BCUT2D eigenvalue weighted by Crippen LogP contribution is 2.46. The number of halogens is 1. The van der Waals surface area contributed by atoms with Crippen molar-refractivity contribution in [1.29, 1.82) is 0 Å². The number of nitrogens with zero attached hydrogens (tertiary/aromatic N) is 2. The van der Waals surface area contributed by atoms with Crippen LogP contribution < -0.4 is 20.9 Å². The number of H-pyrrole nitrogens is 1. The van der Waals surface area contributed by atoms with Gasteiger partial charge in [0.15, 0.2) is 0 Å². The average molecular weight is 633 g/mol. The SMILES string of the molecule is CCOC(=O)[C@H](C)NP(=O)(OC[C@H]1O[C@@H](n2cc(/C=C/Br)c(=O)[nH]c2=O)C[C@@H]1O)Oc1ccc([N+](=O)[O-])cc1. The maximum Gasteiger partial charge on any atom is 0.459 e. The van der Waals surface area contributed by atoms with Crippen molar-refractivity contribution < 1.29 is 37.9 Å². The smallest absolute Gasteiger partial charge is 0.459 e. The van der Waals surface area contributed by atoms with Crippen LogP contribution in [0.2, 0.25) is 0 Å². The zero-order chi connectivity index (χ0) is 28.7. The molecule has 2 aromatic rings. The predicted molar refractivity (Wildman–Crippen MR) is 140 cm³/mol. The number of non-ortho nitro benzene ring substituents is 1. The summed E-state index contributed by atoms with van der Waals surface area (Å²) in [6, 6.07) is 3.51. The van der Waals surface area contributed by atoms with E-state index in [1.54, 1.807) is 6.92 Å². The van der Waals surface area contributed by atoms with E-state index >= 15 is 0 Å². The van der Waals surface area contributed by atoms with Gasteiger partial charge in [-0.05, 0) is 37.0 Å². The number of carbonyl (C=O) groups is 1. The van der Waals surface area contributed by atoms with E-state index in [0.29, 0.717) is 0 Å². The molecule has 3 N–H and O–H groups in total. The molecule has 1 aliphatic rings. The standard InChI is InChI=1S/C22H26BrN4O11P/c1-3-35-21(30)13(2)25-39(34,38-16-6-4-15(5-7-16)27(32)33)36-12-18-17(28)10-19(37-18)26-11-14(8-9-23)20(29)24-22(26)31/h4-9,11,13,17-19,28H,3,10,12H2,1-2H3,(H,25,34)(H,24,29,31)/b9-8+/t13-,17-,18+,19+,39?/m0/s1. The number of aromatic amines is 1. The van der Waals surface area contributed by atoms with Gasteiger partial charge in [-0.15, -0.1) is 0 Å². The molecule has 39 heavy (non-hydrogen) atoms. The Labute approximate surface area is 229 Å². The molecule has 1 unspecified atom stereocenters. The van der Waals surface area contributed by atoms with E-state index in [1.807, 2.05) is 0 Å². The minimum atomic E-state index is -4.36. The first kappa shape index (κ1) is 30.4. The third kappa shape index (κ3) is 7.94. The van der Waals surface area contributed by atoms with E-state index in [0.717, 1.165) is 16.7 Å². The number of nitro benzene ring substituents is 1. The average Bonchev–Trinajstić information content (AvgIpc) is 3.25. The highest BCUT2D eigenvalue weighted by atomic mass is 79.9. The minimum Gasteiger partial charge on any atom is -0.465 e. The number of aromatic nitrogens is 2. The van der Waals surface area contributed by atoms with Crippen molar-refractivity contribution in [3.63, 3.8) is 0 Å². The Hall–Kier alpha value is -3.14. The number of carbonyl (C=O) groups excluding carboxylic acids is 1. The highest BCUT2D eigenvalue weighted by Gasteiger charge is 2.39. The molecule has 0 saturated carbocycles. The lowest BCUT2D eigenvalue weighted by molar-refractivity contribution is -0.384. The van der Waals surface area contributed by atoms with Gasteiger partial charge in [-0.1, -0.05) is 15.9 Å². The number of esters is 1. The van der Waals surface area contributed by atoms with Crippen LogP contribution in [0.1, 0.15) is 32.1 Å². The quantitative estimate of drug-likeness (QED) is 0.133. The second kappa shape index (κ2) is 13.3. The molecule has 1 aromatic heterocycles. The van der Waals surface area contributed by atoms with Crippen LogP contribution in [0.25, 0.3) is 6.08 Å². The van der Waals surface area contributed by atoms with Crippen molar-refractivity contribution in [3.8, 4) is 5.75 Å². The first-order valence-corrected chi connectivity index (χ1v) is 14.0. The summed E-state index contributed by atoms with van der Waals surface area (Å²) in [6.45, 7) is 2.53. The molecule has 1 aromatic carbocycles. The van der Waals surface area contributed by atoms with E-state index in [9.17, 15) is 34.2 Å². The van der Waals surface area contributed by atoms with Crippen LogP contribution in [0, 0.1) is 10.1 Å². The van der Waals surface area contributed by atoms with Crippen molar-refractivity contribution in [2.75, 3.05) is 13.2 Å². The second-order valence-corrected chi connectivity index (χ2v) is 10.4. The third-order valence-electron chi connectivity index (χ3n) is 5.43. The predicted octanol–water partition coefficient (Wildman–Crippen LogP) is 2.20. The highest BCUT2D eigenvalue weighted by molar-refractivity contribution is 9.11. The third-order valence-corrected chi connectivity index (χ3v) is 7.33. The van der Waals surface area contributed by atoms with Gasteiger partial charge in [-0.2, -0.15) is 5.09 Å². The van der Waals surface area contributed by atoms with Crippen molar-refractivity contribution in [2.24, 2.45) is 0 Å². The van der Waals surface area contributed by atoms with Crippen LogP contribution in [-0.4, -0.2) is 57.0 Å². The molecule has 0 aliphatic carbocycles. The monoisotopic (exact) mass is 632 g/mol. The van der Waals surface area contributed by atoms with Crippen LogP contribution >= 0.6 is 23.7 Å². The molecule has 0 radical (unpaired) electrons. The largest absolute Gasteiger partial charge is 0.465 e. The molecule has 0 spiro atoms. The molecule has 1 saturated heterocycles. The normalized spacial score (nSPS) is 21.4. The van der Waals surface area contributed by atoms with Crippen molar-refractivity contribution in [1.82, 2.24) is 14.6 Å². The van der Waals surface area contributed by atoms with Crippen LogP contribution in [0.3, 0.4) is 0 Å². The molecular weight excluding hydrogens is 607 g/mol. The van der Waals surface area contributed by atoms with Crippen LogP contribution in [0.5, 0.6) is 5.75 Å². The van der Waals surface area contributed by atoms with Crippen LogP contribution in [0.4, 0.5) is 5.69 Å². The summed E-state index contributed by atoms with van der Waals surface area (Å²) in [5.41, 5.74) is -1.45. The zero-order valence-electron chi connectivity index (χ0n) is 20.7. The molecule has 3 rings (SSSR count). The maximum absolute atomic E-state index is 13.6. The summed E-state index contributed by atoms with van der Waals surface area (Å²) in [6.07, 6.45) is -0.607. The number of aliphatic hydroxyl groups excluding tert-OH is 1. The Morgan fingerprint density at radius 2 is 2.10 bits per heavy atom. The second-order valence-electron chi connectivity index (χ2n) is 8.21. The van der Waals surface area contributed by atoms with E-state index in [4.69, 9.17) is 18.5 Å². The number of hydrogen-bond acceptors (Lipinski definition) is 11. The summed E-state index contributed by atoms with van der Waals surface area (Å²) in [7, 11) is -4.36. The first-order valence-electron chi connectivity index (χ1n) is 11.5. The van der Waals surface area contributed by atoms with Gasteiger partial charge in [0, 0.05) is 24.8 Å². The Kier molecular flexibility index (Phi) is 10.4. The molecule has 17 heteroatoms. The summed E-state index contributed by atoms with van der Waals surface area (Å²) < 4.78 is 36.3. The zero-order valence-corrected chi connectivity index (χ0v) is 23.2. The van der Waals surface area contributed by atoms with Gasteiger partial charge in [0.05, 0.1) is 29.8 Å². The van der Waals surface area contributed by atoms with Gasteiger partial charge in [0.2, 0.25) is 0 Å². The molecule has 0 amide bonds. The number of hydrogen-bond donors (Lipinski definition) is 3. The molecule has 15 nitrogen and oxygen atoms in total. The lowest BCUT2D eigenvalue weighted by Crippen LogP contribution is -2.36. The number of benzene rings is 1. The fourth-order valence-corrected chi connectivity index (χ4v) is 5.31. The van der Waals surface area contributed by atoms with Crippen LogP contribution in [0.15, 0.2) is 45.0 Å². The molecule has 0 bridgehead atoms. The van der Waals surface area contributed by atoms with E-state index in [-0.39, 0.29) is 30.0 Å². The van der Waals surface area contributed by atoms with Crippen molar-refractivity contribution >= 4 is 41.4 Å². The number of ether oxygens (including phenoxy) is 2. The van der Waals surface area contributed by atoms with E-state index in [1.165, 1.54) is 36.3 Å². The maximum atomic E-state index is 13.6. The fraction of sp³-hybridized carbons (Fsp3) is 0.409. The number of rotatable bonds is 12. The van der Waals surface area contributed by atoms with Gasteiger partial charge in [-0.25, -0.2) is 9.36 Å². The Balaban J connectivity index is 1.78. The Morgan fingerprint density at radius 3 is 2.72 bits per heavy atom. The Morgan fingerprint density at radius 1 is 1.41 bits per heavy atom. The van der Waals surface area contributed by atoms with Gasteiger partial charge < -0.3 is 19.1 Å². The molecular formula is C22H26BrN4O11P. The van der Waals surface area contributed by atoms with Gasteiger partial charge in [0.1, 0.15) is 24.1 Å². The number of aliphatic hydroxyl groups is 1. The molecule has 2 heterocycles. The first-order chi connectivity index (χ1) is 18.5. The van der Waals surface area contributed by atoms with Crippen LogP contribution in [-0.2, 0) is 23.4 Å². The summed E-state index contributed by atoms with van der Waals surface area (Å²) in [5, 5.41) is 23.9. The van der Waals surface area contributed by atoms with E-state index < -0.39 is 61.0 Å². The molecule has 212 valence electrons. The lowest BCUT2D eigenvalue weighted by atomic mass is 10.2. The fourth-order valence-electron chi connectivity index (χ4n) is 3.52. The van der Waals surface area contributed by atoms with Gasteiger partial charge >= 0.3 is 19.4 Å². The summed E-state index contributed by atoms with van der Waals surface area (Å²) in [5.74, 6) is -0.804.